The summed E-state index contributed by atoms with van der Waals surface area (Å²) in [5, 5.41) is 9.80. The first kappa shape index (κ1) is 15.3. The molecule has 0 bridgehead atoms. The summed E-state index contributed by atoms with van der Waals surface area (Å²) < 4.78 is 16.4. The normalized spacial score (nSPS) is 20.0. The van der Waals surface area contributed by atoms with Gasteiger partial charge in [-0.05, 0) is 30.5 Å². The molecule has 1 aromatic carbocycles. The fourth-order valence-electron chi connectivity index (χ4n) is 2.11. The third kappa shape index (κ3) is 5.09. The summed E-state index contributed by atoms with van der Waals surface area (Å²) in [5.41, 5.74) is 6.57. The Hall–Kier alpha value is -1.14. The molecule has 20 heavy (non-hydrogen) atoms. The molecule has 0 aliphatic carbocycles. The number of aliphatic hydroxyl groups excluding tert-OH is 1. The summed E-state index contributed by atoms with van der Waals surface area (Å²) in [7, 11) is 0. The molecule has 0 amide bonds. The van der Waals surface area contributed by atoms with Gasteiger partial charge in [-0.25, -0.2) is 0 Å². The second-order valence-electron chi connectivity index (χ2n) is 4.99. The molecule has 2 unspecified atom stereocenters. The van der Waals surface area contributed by atoms with Gasteiger partial charge in [0.15, 0.2) is 0 Å². The van der Waals surface area contributed by atoms with Crippen molar-refractivity contribution in [3.8, 4) is 5.75 Å². The highest BCUT2D eigenvalue weighted by atomic mass is 16.5. The van der Waals surface area contributed by atoms with Gasteiger partial charge < -0.3 is 25.1 Å². The van der Waals surface area contributed by atoms with E-state index in [9.17, 15) is 5.11 Å². The minimum absolute atomic E-state index is 0.185. The van der Waals surface area contributed by atoms with Gasteiger partial charge in [0.2, 0.25) is 0 Å². The minimum atomic E-state index is -0.641. The monoisotopic (exact) mass is 281 g/mol. The highest BCUT2D eigenvalue weighted by Gasteiger charge is 2.16. The van der Waals surface area contributed by atoms with Crippen molar-refractivity contribution in [1.29, 1.82) is 0 Å². The molecule has 112 valence electrons. The molecule has 5 nitrogen and oxygen atoms in total. The summed E-state index contributed by atoms with van der Waals surface area (Å²) in [5.74, 6) is 0.714. The van der Waals surface area contributed by atoms with Gasteiger partial charge in [0.05, 0.1) is 19.3 Å². The second kappa shape index (κ2) is 8.21. The molecule has 1 heterocycles. The Morgan fingerprint density at radius 2 is 2.30 bits per heavy atom. The SMILES string of the molecule is NCc1cccc(OCC(O)COCC2CCCO2)c1. The lowest BCUT2D eigenvalue weighted by Crippen LogP contribution is -2.26. The zero-order valence-corrected chi connectivity index (χ0v) is 11.7. The van der Waals surface area contributed by atoms with Crippen LogP contribution < -0.4 is 10.5 Å². The highest BCUT2D eigenvalue weighted by Crippen LogP contribution is 2.14. The van der Waals surface area contributed by atoms with Gasteiger partial charge >= 0.3 is 0 Å². The smallest absolute Gasteiger partial charge is 0.119 e. The summed E-state index contributed by atoms with van der Waals surface area (Å²) in [4.78, 5) is 0. The molecule has 0 spiro atoms. The van der Waals surface area contributed by atoms with Crippen LogP contribution in [0.15, 0.2) is 24.3 Å². The molecular formula is C15H23NO4. The van der Waals surface area contributed by atoms with Crippen molar-refractivity contribution in [3.05, 3.63) is 29.8 Å². The number of aliphatic hydroxyl groups is 1. The molecular weight excluding hydrogens is 258 g/mol. The Balaban J connectivity index is 1.62. The average molecular weight is 281 g/mol. The zero-order chi connectivity index (χ0) is 14.2. The van der Waals surface area contributed by atoms with Gasteiger partial charge in [-0.2, -0.15) is 0 Å². The van der Waals surface area contributed by atoms with E-state index in [4.69, 9.17) is 19.9 Å². The van der Waals surface area contributed by atoms with Crippen molar-refractivity contribution in [2.45, 2.75) is 31.6 Å². The van der Waals surface area contributed by atoms with Gasteiger partial charge in [0.1, 0.15) is 18.5 Å². The summed E-state index contributed by atoms with van der Waals surface area (Å²) in [6.45, 7) is 2.30. The van der Waals surface area contributed by atoms with Crippen LogP contribution >= 0.6 is 0 Å². The molecule has 1 fully saturated rings. The first-order valence-electron chi connectivity index (χ1n) is 7.07. The summed E-state index contributed by atoms with van der Waals surface area (Å²) in [6.07, 6.45) is 1.68. The van der Waals surface area contributed by atoms with Crippen molar-refractivity contribution < 1.29 is 19.3 Å². The van der Waals surface area contributed by atoms with E-state index in [1.54, 1.807) is 0 Å². The van der Waals surface area contributed by atoms with Crippen LogP contribution in [0.25, 0.3) is 0 Å². The van der Waals surface area contributed by atoms with E-state index in [0.29, 0.717) is 18.9 Å². The topological polar surface area (TPSA) is 73.9 Å². The van der Waals surface area contributed by atoms with E-state index < -0.39 is 6.10 Å². The second-order valence-corrected chi connectivity index (χ2v) is 4.99. The number of rotatable bonds is 8. The number of nitrogens with two attached hydrogens (primary N) is 1. The van der Waals surface area contributed by atoms with E-state index >= 15 is 0 Å². The van der Waals surface area contributed by atoms with Gasteiger partial charge in [0, 0.05) is 13.2 Å². The molecule has 0 aromatic heterocycles. The van der Waals surface area contributed by atoms with E-state index in [1.165, 1.54) is 0 Å². The van der Waals surface area contributed by atoms with E-state index in [1.807, 2.05) is 24.3 Å². The lowest BCUT2D eigenvalue weighted by atomic mass is 10.2. The molecule has 1 aromatic rings. The maximum absolute atomic E-state index is 9.80. The Morgan fingerprint density at radius 3 is 3.05 bits per heavy atom. The molecule has 1 saturated heterocycles. The van der Waals surface area contributed by atoms with E-state index in [2.05, 4.69) is 0 Å². The molecule has 5 heteroatoms. The Kier molecular flexibility index (Phi) is 6.26. The number of ether oxygens (including phenoxy) is 3. The molecule has 1 aliphatic heterocycles. The maximum atomic E-state index is 9.80. The standard InChI is InChI=1S/C15H23NO4/c16-8-12-3-1-4-14(7-12)20-10-13(17)9-18-11-15-5-2-6-19-15/h1,3-4,7,13,15,17H,2,5-6,8-11,16H2. The Labute approximate surface area is 119 Å². The summed E-state index contributed by atoms with van der Waals surface area (Å²) in [6, 6.07) is 7.55. The number of hydrogen-bond donors (Lipinski definition) is 2. The van der Waals surface area contributed by atoms with Crippen LogP contribution in [0.3, 0.4) is 0 Å². The quantitative estimate of drug-likeness (QED) is 0.746. The third-order valence-corrected chi connectivity index (χ3v) is 3.21. The fourth-order valence-corrected chi connectivity index (χ4v) is 2.11. The van der Waals surface area contributed by atoms with Crippen LogP contribution in [0.4, 0.5) is 0 Å². The molecule has 1 aliphatic rings. The number of hydrogen-bond acceptors (Lipinski definition) is 5. The fraction of sp³-hybridized carbons (Fsp3) is 0.600. The highest BCUT2D eigenvalue weighted by molar-refractivity contribution is 5.28. The molecule has 0 saturated carbocycles. The van der Waals surface area contributed by atoms with Crippen molar-refractivity contribution >= 4 is 0 Å². The van der Waals surface area contributed by atoms with Crippen LogP contribution in [0, 0.1) is 0 Å². The Morgan fingerprint density at radius 1 is 1.40 bits per heavy atom. The third-order valence-electron chi connectivity index (χ3n) is 3.21. The molecule has 2 rings (SSSR count). The first-order valence-corrected chi connectivity index (χ1v) is 7.07. The average Bonchev–Trinajstić information content (AvgIpc) is 2.98. The van der Waals surface area contributed by atoms with Crippen molar-refractivity contribution in [1.82, 2.24) is 0 Å². The van der Waals surface area contributed by atoms with Crippen molar-refractivity contribution in [2.75, 3.05) is 26.4 Å². The van der Waals surface area contributed by atoms with Gasteiger partial charge in [-0.15, -0.1) is 0 Å². The molecule has 0 radical (unpaired) electrons. The van der Waals surface area contributed by atoms with Crippen molar-refractivity contribution in [2.24, 2.45) is 5.73 Å². The van der Waals surface area contributed by atoms with Crippen LogP contribution in [0.5, 0.6) is 5.75 Å². The van der Waals surface area contributed by atoms with Crippen LogP contribution in [-0.4, -0.2) is 43.7 Å². The molecule has 2 atom stereocenters. The van der Waals surface area contributed by atoms with Crippen molar-refractivity contribution in [3.63, 3.8) is 0 Å². The van der Waals surface area contributed by atoms with Gasteiger partial charge in [-0.1, -0.05) is 12.1 Å². The predicted octanol–water partition coefficient (Wildman–Crippen LogP) is 1.08. The lowest BCUT2D eigenvalue weighted by molar-refractivity contribution is -0.0277. The first-order chi connectivity index (χ1) is 9.78. The number of benzene rings is 1. The van der Waals surface area contributed by atoms with Crippen LogP contribution in [0.1, 0.15) is 18.4 Å². The minimum Gasteiger partial charge on any atom is -0.491 e. The molecule has 3 N–H and O–H groups in total. The van der Waals surface area contributed by atoms with Crippen LogP contribution in [-0.2, 0) is 16.0 Å². The maximum Gasteiger partial charge on any atom is 0.119 e. The van der Waals surface area contributed by atoms with E-state index in [-0.39, 0.29) is 19.3 Å². The largest absolute Gasteiger partial charge is 0.491 e. The Bertz CT molecular complexity index is 393. The van der Waals surface area contributed by atoms with Crippen LogP contribution in [0.2, 0.25) is 0 Å². The predicted molar refractivity (Wildman–Crippen MR) is 75.6 cm³/mol. The van der Waals surface area contributed by atoms with Gasteiger partial charge in [0.25, 0.3) is 0 Å². The van der Waals surface area contributed by atoms with Gasteiger partial charge in [-0.3, -0.25) is 0 Å². The lowest BCUT2D eigenvalue weighted by Gasteiger charge is -2.15. The van der Waals surface area contributed by atoms with E-state index in [0.717, 1.165) is 25.0 Å². The zero-order valence-electron chi connectivity index (χ0n) is 11.7. The summed E-state index contributed by atoms with van der Waals surface area (Å²) >= 11 is 0.